The zero-order valence-corrected chi connectivity index (χ0v) is 26.1. The van der Waals surface area contributed by atoms with Gasteiger partial charge in [-0.15, -0.1) is 0 Å². The summed E-state index contributed by atoms with van der Waals surface area (Å²) in [4.78, 5) is 20.7. The van der Waals surface area contributed by atoms with Gasteiger partial charge in [0.1, 0.15) is 0 Å². The Balaban J connectivity index is 0.00000190. The van der Waals surface area contributed by atoms with Gasteiger partial charge in [0, 0.05) is 61.2 Å². The van der Waals surface area contributed by atoms with E-state index in [1.807, 2.05) is 72.9 Å². The molecule has 0 unspecified atom stereocenters. The Morgan fingerprint density at radius 3 is 2.22 bits per heavy atom. The van der Waals surface area contributed by atoms with Crippen LogP contribution < -0.4 is 0 Å². The van der Waals surface area contributed by atoms with Crippen LogP contribution in [0.25, 0.3) is 11.6 Å². The minimum absolute atomic E-state index is 0.0474. The van der Waals surface area contributed by atoms with E-state index in [0.717, 1.165) is 52.9 Å². The van der Waals surface area contributed by atoms with Crippen LogP contribution in [0.2, 0.25) is 0 Å². The molecular formula is C31H48BrN3O. The molecule has 0 bridgehead atoms. The molecule has 1 amide bonds. The molecule has 0 radical (unpaired) electrons. The summed E-state index contributed by atoms with van der Waals surface area (Å²) in [6.07, 6.45) is 7.41. The highest BCUT2D eigenvalue weighted by Crippen LogP contribution is 2.27. The Bertz CT molecular complexity index is 989. The second-order valence-electron chi connectivity index (χ2n) is 8.23. The van der Waals surface area contributed by atoms with E-state index in [2.05, 4.69) is 57.9 Å². The maximum absolute atomic E-state index is 12.2. The fourth-order valence-electron chi connectivity index (χ4n) is 3.88. The average molecular weight is 559 g/mol. The van der Waals surface area contributed by atoms with Crippen molar-refractivity contribution in [1.82, 2.24) is 14.8 Å². The lowest BCUT2D eigenvalue weighted by Crippen LogP contribution is -2.30. The number of benzene rings is 1. The summed E-state index contributed by atoms with van der Waals surface area (Å²) >= 11 is 3.63. The summed E-state index contributed by atoms with van der Waals surface area (Å²) in [6, 6.07) is 8.04. The molecule has 2 aromatic rings. The topological polar surface area (TPSA) is 36.4 Å². The molecule has 0 aliphatic carbocycles. The fraction of sp³-hybridized carbons (Fsp3) is 0.484. The van der Waals surface area contributed by atoms with Crippen LogP contribution >= 0.6 is 15.9 Å². The van der Waals surface area contributed by atoms with Crippen molar-refractivity contribution in [2.45, 2.75) is 68.7 Å². The number of carbonyl (C=O) groups excluding carboxylic acids is 1. The standard InChI is InChI=1S/C25H30BrN3O.3C2H6/c1-17(14-23-19(3)27-11-8-24(23)26)16-29-12-9-20(10-13-29)22-7-6-21(15-18(22)2)25(30)28(4)5;3*1-2/h6-9,11,14-15H,10,12-13,16H2,1-5H3;3*1-2H3/b17-14+;;;. The van der Waals surface area contributed by atoms with Crippen LogP contribution in [-0.4, -0.2) is 54.4 Å². The second kappa shape index (κ2) is 18.1. The van der Waals surface area contributed by atoms with E-state index in [9.17, 15) is 4.79 Å². The first-order chi connectivity index (χ1) is 17.3. The van der Waals surface area contributed by atoms with Crippen LogP contribution in [0, 0.1) is 13.8 Å². The number of rotatable bonds is 5. The number of aryl methyl sites for hydroxylation is 2. The summed E-state index contributed by atoms with van der Waals surface area (Å²) < 4.78 is 1.09. The fourth-order valence-corrected chi connectivity index (χ4v) is 4.40. The van der Waals surface area contributed by atoms with Crippen molar-refractivity contribution in [2.75, 3.05) is 33.7 Å². The van der Waals surface area contributed by atoms with Gasteiger partial charge in [0.2, 0.25) is 0 Å². The highest BCUT2D eigenvalue weighted by atomic mass is 79.9. The van der Waals surface area contributed by atoms with Crippen LogP contribution in [-0.2, 0) is 0 Å². The van der Waals surface area contributed by atoms with Gasteiger partial charge in [0.25, 0.3) is 5.91 Å². The third-order valence-corrected chi connectivity index (χ3v) is 6.21. The molecule has 1 aliphatic rings. The first-order valence-electron chi connectivity index (χ1n) is 13.3. The molecule has 1 aromatic heterocycles. The molecule has 0 spiro atoms. The lowest BCUT2D eigenvalue weighted by Gasteiger charge is -2.27. The average Bonchev–Trinajstić information content (AvgIpc) is 2.90. The monoisotopic (exact) mass is 557 g/mol. The van der Waals surface area contributed by atoms with Gasteiger partial charge in [0.05, 0.1) is 0 Å². The molecule has 36 heavy (non-hydrogen) atoms. The van der Waals surface area contributed by atoms with Crippen molar-refractivity contribution in [1.29, 1.82) is 0 Å². The zero-order chi connectivity index (χ0) is 27.8. The third kappa shape index (κ3) is 10.0. The summed E-state index contributed by atoms with van der Waals surface area (Å²) in [5, 5.41) is 0. The summed E-state index contributed by atoms with van der Waals surface area (Å²) in [5.74, 6) is 0.0474. The molecule has 1 aliphatic heterocycles. The van der Waals surface area contributed by atoms with Crippen molar-refractivity contribution in [3.05, 3.63) is 74.5 Å². The predicted octanol–water partition coefficient (Wildman–Crippen LogP) is 8.43. The zero-order valence-electron chi connectivity index (χ0n) is 24.5. The maximum Gasteiger partial charge on any atom is 0.253 e. The summed E-state index contributed by atoms with van der Waals surface area (Å²) in [5.41, 5.74) is 8.06. The second-order valence-corrected chi connectivity index (χ2v) is 9.08. The lowest BCUT2D eigenvalue weighted by molar-refractivity contribution is 0.0827. The SMILES string of the molecule is C/C(=C\c1c(Br)ccnc1C)CN1CC=C(c2ccc(C(=O)N(C)C)cc2C)CC1.CC.CC.CC. The Morgan fingerprint density at radius 1 is 1.08 bits per heavy atom. The number of pyridine rings is 1. The number of carbonyl (C=O) groups is 1. The number of halogens is 1. The number of hydrogen-bond donors (Lipinski definition) is 0. The minimum Gasteiger partial charge on any atom is -0.345 e. The normalized spacial score (nSPS) is 13.1. The Kier molecular flexibility index (Phi) is 16.9. The predicted molar refractivity (Wildman–Crippen MR) is 163 cm³/mol. The summed E-state index contributed by atoms with van der Waals surface area (Å²) in [7, 11) is 3.57. The van der Waals surface area contributed by atoms with Gasteiger partial charge >= 0.3 is 0 Å². The van der Waals surface area contributed by atoms with Gasteiger partial charge in [-0.2, -0.15) is 0 Å². The van der Waals surface area contributed by atoms with Crippen molar-refractivity contribution in [3.63, 3.8) is 0 Å². The van der Waals surface area contributed by atoms with Crippen molar-refractivity contribution < 1.29 is 4.79 Å². The number of amides is 1. The molecule has 0 atom stereocenters. The van der Waals surface area contributed by atoms with Crippen LogP contribution in [0.3, 0.4) is 0 Å². The number of aromatic nitrogens is 1. The Morgan fingerprint density at radius 2 is 1.72 bits per heavy atom. The van der Waals surface area contributed by atoms with E-state index >= 15 is 0 Å². The third-order valence-electron chi connectivity index (χ3n) is 5.52. The van der Waals surface area contributed by atoms with Gasteiger partial charge in [0.15, 0.2) is 0 Å². The van der Waals surface area contributed by atoms with E-state index in [1.54, 1.807) is 19.0 Å². The molecule has 2 heterocycles. The van der Waals surface area contributed by atoms with E-state index in [4.69, 9.17) is 0 Å². The molecule has 0 saturated carbocycles. The molecule has 200 valence electrons. The van der Waals surface area contributed by atoms with Crippen molar-refractivity contribution in [2.24, 2.45) is 0 Å². The van der Waals surface area contributed by atoms with Gasteiger partial charge in [-0.1, -0.05) is 81.3 Å². The maximum atomic E-state index is 12.2. The van der Waals surface area contributed by atoms with E-state index in [-0.39, 0.29) is 5.91 Å². The molecular weight excluding hydrogens is 510 g/mol. The lowest BCUT2D eigenvalue weighted by atomic mass is 9.94. The molecule has 0 saturated heterocycles. The first kappa shape index (κ1) is 33.8. The van der Waals surface area contributed by atoms with Crippen LogP contribution in [0.5, 0.6) is 0 Å². The van der Waals surface area contributed by atoms with Crippen LogP contribution in [0.15, 0.2) is 46.6 Å². The Hall–Kier alpha value is -2.24. The molecule has 3 rings (SSSR count). The molecule has 0 fully saturated rings. The summed E-state index contributed by atoms with van der Waals surface area (Å²) in [6.45, 7) is 21.2. The van der Waals surface area contributed by atoms with Gasteiger partial charge in [-0.25, -0.2) is 0 Å². The van der Waals surface area contributed by atoms with Crippen LogP contribution in [0.4, 0.5) is 0 Å². The van der Waals surface area contributed by atoms with Gasteiger partial charge in [-0.05, 0) is 62.1 Å². The highest BCUT2D eigenvalue weighted by Gasteiger charge is 2.16. The quantitative estimate of drug-likeness (QED) is 0.370. The smallest absolute Gasteiger partial charge is 0.253 e. The molecule has 4 nitrogen and oxygen atoms in total. The Labute approximate surface area is 229 Å². The molecule has 5 heteroatoms. The number of hydrogen-bond acceptors (Lipinski definition) is 3. The van der Waals surface area contributed by atoms with Crippen molar-refractivity contribution >= 4 is 33.5 Å². The largest absolute Gasteiger partial charge is 0.345 e. The van der Waals surface area contributed by atoms with Gasteiger partial charge < -0.3 is 4.90 Å². The molecule has 1 aromatic carbocycles. The molecule has 0 N–H and O–H groups in total. The van der Waals surface area contributed by atoms with Gasteiger partial charge in [-0.3, -0.25) is 14.7 Å². The van der Waals surface area contributed by atoms with E-state index < -0.39 is 0 Å². The first-order valence-corrected chi connectivity index (χ1v) is 14.1. The van der Waals surface area contributed by atoms with Crippen LogP contribution in [0.1, 0.15) is 87.6 Å². The minimum atomic E-state index is 0.0474. The highest BCUT2D eigenvalue weighted by molar-refractivity contribution is 9.10. The van der Waals surface area contributed by atoms with E-state index in [0.29, 0.717) is 0 Å². The number of nitrogens with zero attached hydrogens (tertiary/aromatic N) is 3. The van der Waals surface area contributed by atoms with E-state index in [1.165, 1.54) is 16.7 Å². The van der Waals surface area contributed by atoms with Crippen molar-refractivity contribution in [3.8, 4) is 0 Å².